The second-order valence-corrected chi connectivity index (χ2v) is 5.66. The smallest absolute Gasteiger partial charge is 0.175 e. The Kier molecular flexibility index (Phi) is 2.67. The monoisotopic (exact) mass is 258 g/mol. The maximum atomic E-state index is 11.6. The summed E-state index contributed by atoms with van der Waals surface area (Å²) in [7, 11) is 4.04. The lowest BCUT2D eigenvalue weighted by Crippen LogP contribution is -2.07. The molecule has 0 spiro atoms. The minimum atomic E-state index is 0.249. The molecule has 3 nitrogen and oxygen atoms in total. The number of aryl methyl sites for hydroxylation is 1. The molecule has 4 heteroatoms. The number of fused-ring (bicyclic) bond motifs is 1. The van der Waals surface area contributed by atoms with Gasteiger partial charge >= 0.3 is 0 Å². The number of carbonyl (C=O) groups is 1. The Morgan fingerprint density at radius 3 is 2.50 bits per heavy atom. The number of rotatable bonds is 2. The molecule has 3 rings (SSSR count). The van der Waals surface area contributed by atoms with Gasteiger partial charge in [0.25, 0.3) is 0 Å². The van der Waals surface area contributed by atoms with E-state index in [4.69, 9.17) is 0 Å². The summed E-state index contributed by atoms with van der Waals surface area (Å²) in [5, 5.41) is 0.957. The fraction of sp³-hybridized carbons (Fsp3) is 0.286. The highest BCUT2D eigenvalue weighted by molar-refractivity contribution is 7.17. The molecule has 0 saturated carbocycles. The third-order valence-electron chi connectivity index (χ3n) is 3.17. The molecule has 92 valence electrons. The molecule has 1 aliphatic rings. The van der Waals surface area contributed by atoms with Gasteiger partial charge in [0.1, 0.15) is 5.01 Å². The van der Waals surface area contributed by atoms with Gasteiger partial charge in [0, 0.05) is 31.8 Å². The normalized spacial score (nSPS) is 13.8. The van der Waals surface area contributed by atoms with Crippen LogP contribution in [-0.2, 0) is 6.42 Å². The number of anilines is 1. The van der Waals surface area contributed by atoms with Crippen molar-refractivity contribution in [2.75, 3.05) is 19.0 Å². The number of aromatic nitrogens is 1. The van der Waals surface area contributed by atoms with Crippen LogP contribution >= 0.6 is 11.3 Å². The molecule has 0 saturated heterocycles. The number of Topliss-reactive ketones (excluding diaryl/α,β-unsaturated/α-hetero) is 1. The summed E-state index contributed by atoms with van der Waals surface area (Å²) >= 11 is 1.52. The zero-order chi connectivity index (χ0) is 12.7. The van der Waals surface area contributed by atoms with Crippen LogP contribution in [-0.4, -0.2) is 24.9 Å². The fourth-order valence-electron chi connectivity index (χ4n) is 2.11. The van der Waals surface area contributed by atoms with Crippen LogP contribution in [0.1, 0.15) is 21.8 Å². The first-order valence-corrected chi connectivity index (χ1v) is 6.77. The molecule has 0 amide bonds. The number of nitrogens with zero attached hydrogens (tertiary/aromatic N) is 2. The maximum Gasteiger partial charge on any atom is 0.175 e. The summed E-state index contributed by atoms with van der Waals surface area (Å²) in [4.78, 5) is 19.1. The zero-order valence-electron chi connectivity index (χ0n) is 10.4. The Hall–Kier alpha value is -1.68. The summed E-state index contributed by atoms with van der Waals surface area (Å²) < 4.78 is 0. The third-order valence-corrected chi connectivity index (χ3v) is 4.36. The van der Waals surface area contributed by atoms with Gasteiger partial charge in [-0.1, -0.05) is 0 Å². The number of hydrogen-bond acceptors (Lipinski definition) is 4. The quantitative estimate of drug-likeness (QED) is 0.830. The first-order chi connectivity index (χ1) is 8.65. The summed E-state index contributed by atoms with van der Waals surface area (Å²) in [5.74, 6) is 0.249. The van der Waals surface area contributed by atoms with E-state index in [2.05, 4.69) is 34.1 Å². The van der Waals surface area contributed by atoms with Crippen molar-refractivity contribution in [3.05, 3.63) is 34.8 Å². The third kappa shape index (κ3) is 1.82. The van der Waals surface area contributed by atoms with Crippen molar-refractivity contribution >= 4 is 22.8 Å². The highest BCUT2D eigenvalue weighted by Crippen LogP contribution is 2.33. The lowest BCUT2D eigenvalue weighted by atomic mass is 10.2. The molecule has 1 aromatic heterocycles. The molecule has 0 atom stereocenters. The molecule has 0 fully saturated rings. The minimum absolute atomic E-state index is 0.249. The van der Waals surface area contributed by atoms with Crippen molar-refractivity contribution in [2.24, 2.45) is 0 Å². The predicted octanol–water partition coefficient (Wildman–Crippen LogP) is 3.01. The van der Waals surface area contributed by atoms with Crippen molar-refractivity contribution in [3.63, 3.8) is 0 Å². The Morgan fingerprint density at radius 2 is 1.89 bits per heavy atom. The number of carbonyl (C=O) groups excluding carboxylic acids is 1. The van der Waals surface area contributed by atoms with Crippen molar-refractivity contribution in [1.82, 2.24) is 4.98 Å². The summed E-state index contributed by atoms with van der Waals surface area (Å²) in [6.45, 7) is 0. The van der Waals surface area contributed by atoms with Crippen molar-refractivity contribution in [2.45, 2.75) is 12.8 Å². The van der Waals surface area contributed by atoms with E-state index in [0.29, 0.717) is 6.42 Å². The van der Waals surface area contributed by atoms with Crippen LogP contribution in [0, 0.1) is 0 Å². The second-order valence-electron chi connectivity index (χ2n) is 4.66. The van der Waals surface area contributed by atoms with Gasteiger partial charge in [-0.3, -0.25) is 4.79 Å². The van der Waals surface area contributed by atoms with E-state index in [1.54, 1.807) is 0 Å². The lowest BCUT2D eigenvalue weighted by molar-refractivity contribution is 0.0998. The molecule has 2 aromatic rings. The topological polar surface area (TPSA) is 33.2 Å². The van der Waals surface area contributed by atoms with Crippen LogP contribution < -0.4 is 4.90 Å². The highest BCUT2D eigenvalue weighted by Gasteiger charge is 2.24. The summed E-state index contributed by atoms with van der Waals surface area (Å²) in [5.41, 5.74) is 3.24. The molecular weight excluding hydrogens is 244 g/mol. The van der Waals surface area contributed by atoms with E-state index in [-0.39, 0.29) is 5.78 Å². The molecule has 1 aliphatic carbocycles. The maximum absolute atomic E-state index is 11.6. The van der Waals surface area contributed by atoms with Gasteiger partial charge in [0.15, 0.2) is 5.78 Å². The number of benzene rings is 1. The van der Waals surface area contributed by atoms with Gasteiger partial charge in [-0.25, -0.2) is 4.98 Å². The van der Waals surface area contributed by atoms with E-state index in [1.165, 1.54) is 17.0 Å². The van der Waals surface area contributed by atoms with Crippen molar-refractivity contribution in [3.8, 4) is 10.6 Å². The molecule has 0 radical (unpaired) electrons. The highest BCUT2D eigenvalue weighted by atomic mass is 32.1. The van der Waals surface area contributed by atoms with Gasteiger partial charge in [-0.2, -0.15) is 0 Å². The van der Waals surface area contributed by atoms with E-state index in [1.807, 2.05) is 14.1 Å². The Bertz CT molecular complexity index is 599. The minimum Gasteiger partial charge on any atom is -0.378 e. The first kappa shape index (κ1) is 11.4. The number of thiazole rings is 1. The van der Waals surface area contributed by atoms with Crippen LogP contribution in [0.4, 0.5) is 5.69 Å². The lowest BCUT2D eigenvalue weighted by Gasteiger charge is -2.12. The van der Waals surface area contributed by atoms with E-state index >= 15 is 0 Å². The van der Waals surface area contributed by atoms with Gasteiger partial charge in [0.2, 0.25) is 0 Å². The Balaban J connectivity index is 1.95. The zero-order valence-corrected chi connectivity index (χ0v) is 11.3. The first-order valence-electron chi connectivity index (χ1n) is 5.96. The van der Waals surface area contributed by atoms with Crippen LogP contribution in [0.2, 0.25) is 0 Å². The van der Waals surface area contributed by atoms with Gasteiger partial charge in [-0.15, -0.1) is 11.3 Å². The molecule has 0 N–H and O–H groups in total. The largest absolute Gasteiger partial charge is 0.378 e. The number of ketones is 1. The van der Waals surface area contributed by atoms with Crippen molar-refractivity contribution < 1.29 is 4.79 Å². The van der Waals surface area contributed by atoms with Gasteiger partial charge in [0.05, 0.1) is 10.6 Å². The molecule has 0 aliphatic heterocycles. The average Bonchev–Trinajstić information content (AvgIpc) is 2.92. The Labute approximate surface area is 110 Å². The molecular formula is C14H14N2OS. The molecule has 18 heavy (non-hydrogen) atoms. The standard InChI is InChI=1S/C14H14N2OS/c1-16(2)10-5-3-9(4-6-10)14-15-11-7-8-12(17)13(11)18-14/h3-6H,7-8H2,1-2H3. The average molecular weight is 258 g/mol. The molecule has 1 heterocycles. The van der Waals surface area contributed by atoms with Gasteiger partial charge in [-0.05, 0) is 30.7 Å². The molecule has 0 bridgehead atoms. The van der Waals surface area contributed by atoms with Crippen LogP contribution in [0.5, 0.6) is 0 Å². The fourth-order valence-corrected chi connectivity index (χ4v) is 3.19. The van der Waals surface area contributed by atoms with Crippen molar-refractivity contribution in [1.29, 1.82) is 0 Å². The second kappa shape index (κ2) is 4.21. The summed E-state index contributed by atoms with van der Waals surface area (Å²) in [6.07, 6.45) is 1.44. The van der Waals surface area contributed by atoms with Crippen LogP contribution in [0.25, 0.3) is 10.6 Å². The van der Waals surface area contributed by atoms with Crippen LogP contribution in [0.3, 0.4) is 0 Å². The predicted molar refractivity (Wildman–Crippen MR) is 74.5 cm³/mol. The number of hydrogen-bond donors (Lipinski definition) is 0. The SMILES string of the molecule is CN(C)c1ccc(-c2nc3c(s2)C(=O)CC3)cc1. The Morgan fingerprint density at radius 1 is 1.17 bits per heavy atom. The van der Waals surface area contributed by atoms with E-state index in [9.17, 15) is 4.79 Å². The van der Waals surface area contributed by atoms with E-state index in [0.717, 1.165) is 27.6 Å². The molecule has 1 aromatic carbocycles. The molecule has 0 unspecified atom stereocenters. The van der Waals surface area contributed by atoms with E-state index < -0.39 is 0 Å². The van der Waals surface area contributed by atoms with Gasteiger partial charge < -0.3 is 4.90 Å². The van der Waals surface area contributed by atoms with Crippen LogP contribution in [0.15, 0.2) is 24.3 Å². The summed E-state index contributed by atoms with van der Waals surface area (Å²) in [6, 6.07) is 8.27.